The predicted octanol–water partition coefficient (Wildman–Crippen LogP) is 4.63. The molecule has 0 fully saturated rings. The summed E-state index contributed by atoms with van der Waals surface area (Å²) in [6, 6.07) is 7.74. The van der Waals surface area contributed by atoms with Crippen molar-refractivity contribution in [2.75, 3.05) is 22.4 Å². The zero-order valence-corrected chi connectivity index (χ0v) is 17.5. The first-order chi connectivity index (χ1) is 13.3. The van der Waals surface area contributed by atoms with Gasteiger partial charge in [-0.15, -0.1) is 0 Å². The topological polar surface area (TPSA) is 66.5 Å². The first-order valence-electron chi connectivity index (χ1n) is 8.57. The maximum Gasteiger partial charge on any atom is 0.416 e. The van der Waals surface area contributed by atoms with Crippen LogP contribution < -0.4 is 9.62 Å². The molecule has 0 aliphatic carbocycles. The molecule has 0 aliphatic rings. The van der Waals surface area contributed by atoms with Gasteiger partial charge in [0, 0.05) is 5.69 Å². The molecule has 0 saturated carbocycles. The Balaban J connectivity index is 2.41. The van der Waals surface area contributed by atoms with Crippen molar-refractivity contribution in [3.63, 3.8) is 0 Å². The van der Waals surface area contributed by atoms with E-state index in [9.17, 15) is 26.4 Å². The van der Waals surface area contributed by atoms with Crippen LogP contribution in [0.15, 0.2) is 36.4 Å². The number of nitrogens with one attached hydrogen (secondary N) is 1. The van der Waals surface area contributed by atoms with Crippen LogP contribution in [0.25, 0.3) is 0 Å². The lowest BCUT2D eigenvalue weighted by Gasteiger charge is -2.24. The van der Waals surface area contributed by atoms with Crippen molar-refractivity contribution in [2.24, 2.45) is 0 Å². The van der Waals surface area contributed by atoms with Crippen LogP contribution in [0.1, 0.15) is 23.6 Å². The minimum atomic E-state index is -4.69. The van der Waals surface area contributed by atoms with Gasteiger partial charge in [0.15, 0.2) is 0 Å². The molecular formula is C19H20ClF3N2O3S. The normalized spacial score (nSPS) is 12.0. The standard InChI is InChI=1S/C19H20ClF3N2O3S/c1-4-13-7-5-6-12(2)18(13)24-17(26)11-25(29(3,27)28)16-10-14(19(21,22)23)8-9-15(16)20/h5-10H,4,11H2,1-3H3,(H,24,26). The third-order valence-electron chi connectivity index (χ3n) is 4.23. The van der Waals surface area contributed by atoms with Crippen molar-refractivity contribution >= 4 is 38.9 Å². The molecule has 0 heterocycles. The molecule has 29 heavy (non-hydrogen) atoms. The summed E-state index contributed by atoms with van der Waals surface area (Å²) in [6.07, 6.45) is -3.27. The number of amides is 1. The summed E-state index contributed by atoms with van der Waals surface area (Å²) >= 11 is 5.96. The molecule has 0 atom stereocenters. The summed E-state index contributed by atoms with van der Waals surface area (Å²) in [5, 5.41) is 2.44. The number of carbonyl (C=O) groups is 1. The van der Waals surface area contributed by atoms with Gasteiger partial charge in [-0.25, -0.2) is 8.42 Å². The number of anilines is 2. The number of benzene rings is 2. The number of aryl methyl sites for hydroxylation is 2. The predicted molar refractivity (Wildman–Crippen MR) is 108 cm³/mol. The molecule has 1 N–H and O–H groups in total. The summed E-state index contributed by atoms with van der Waals surface area (Å²) in [6.45, 7) is 2.96. The average Bonchev–Trinajstić information content (AvgIpc) is 2.60. The van der Waals surface area contributed by atoms with Crippen LogP contribution in [-0.2, 0) is 27.4 Å². The van der Waals surface area contributed by atoms with E-state index in [0.717, 1.165) is 29.5 Å². The largest absolute Gasteiger partial charge is 0.416 e. The van der Waals surface area contributed by atoms with E-state index in [2.05, 4.69) is 5.32 Å². The SMILES string of the molecule is CCc1cccc(C)c1NC(=O)CN(c1cc(C(F)(F)F)ccc1Cl)S(C)(=O)=O. The fraction of sp³-hybridized carbons (Fsp3) is 0.316. The van der Waals surface area contributed by atoms with Gasteiger partial charge in [-0.2, -0.15) is 13.2 Å². The van der Waals surface area contributed by atoms with Gasteiger partial charge in [-0.05, 0) is 42.7 Å². The van der Waals surface area contributed by atoms with Crippen LogP contribution in [0.2, 0.25) is 5.02 Å². The molecule has 2 aromatic rings. The zero-order chi connectivity index (χ0) is 22.0. The number of hydrogen-bond acceptors (Lipinski definition) is 3. The Morgan fingerprint density at radius 1 is 1.21 bits per heavy atom. The molecule has 158 valence electrons. The van der Waals surface area contributed by atoms with Gasteiger partial charge in [0.2, 0.25) is 15.9 Å². The third-order valence-corrected chi connectivity index (χ3v) is 5.68. The monoisotopic (exact) mass is 448 g/mol. The van der Waals surface area contributed by atoms with Gasteiger partial charge in [-0.1, -0.05) is 36.7 Å². The van der Waals surface area contributed by atoms with Crippen LogP contribution in [0.5, 0.6) is 0 Å². The zero-order valence-electron chi connectivity index (χ0n) is 16.0. The van der Waals surface area contributed by atoms with Crippen molar-refractivity contribution < 1.29 is 26.4 Å². The second kappa shape index (κ2) is 8.62. The second-order valence-corrected chi connectivity index (χ2v) is 8.76. The van der Waals surface area contributed by atoms with Crippen LogP contribution in [0.4, 0.5) is 24.5 Å². The number of carbonyl (C=O) groups excluding carboxylic acids is 1. The van der Waals surface area contributed by atoms with E-state index in [-0.39, 0.29) is 5.02 Å². The Kier molecular flexibility index (Phi) is 6.85. The van der Waals surface area contributed by atoms with Crippen molar-refractivity contribution in [3.05, 3.63) is 58.1 Å². The lowest BCUT2D eigenvalue weighted by molar-refractivity contribution is -0.137. The smallest absolute Gasteiger partial charge is 0.324 e. The lowest BCUT2D eigenvalue weighted by Crippen LogP contribution is -2.38. The molecule has 0 spiro atoms. The molecular weight excluding hydrogens is 429 g/mol. The lowest BCUT2D eigenvalue weighted by atomic mass is 10.1. The maximum absolute atomic E-state index is 13.0. The fourth-order valence-corrected chi connectivity index (χ4v) is 3.90. The number of nitrogens with zero attached hydrogens (tertiary/aromatic N) is 1. The number of halogens is 4. The summed E-state index contributed by atoms with van der Waals surface area (Å²) in [5.74, 6) is -0.701. The molecule has 0 saturated heterocycles. The molecule has 0 unspecified atom stereocenters. The molecule has 5 nitrogen and oxygen atoms in total. The van der Waals surface area contributed by atoms with Crippen molar-refractivity contribution in [3.8, 4) is 0 Å². The molecule has 0 aliphatic heterocycles. The minimum Gasteiger partial charge on any atom is -0.324 e. The molecule has 1 amide bonds. The van der Waals surface area contributed by atoms with E-state index in [0.29, 0.717) is 22.5 Å². The van der Waals surface area contributed by atoms with Crippen LogP contribution >= 0.6 is 11.6 Å². The van der Waals surface area contributed by atoms with E-state index >= 15 is 0 Å². The first kappa shape index (κ1) is 23.0. The van der Waals surface area contributed by atoms with Crippen LogP contribution in [0.3, 0.4) is 0 Å². The number of sulfonamides is 1. The summed E-state index contributed by atoms with van der Waals surface area (Å²) < 4.78 is 64.2. The number of hydrogen-bond donors (Lipinski definition) is 1. The number of rotatable bonds is 6. The fourth-order valence-electron chi connectivity index (χ4n) is 2.77. The Labute approximate surface area is 172 Å². The quantitative estimate of drug-likeness (QED) is 0.700. The van der Waals surface area contributed by atoms with Gasteiger partial charge in [0.05, 0.1) is 22.5 Å². The van der Waals surface area contributed by atoms with Gasteiger partial charge < -0.3 is 5.32 Å². The van der Waals surface area contributed by atoms with Crippen molar-refractivity contribution in [2.45, 2.75) is 26.4 Å². The van der Waals surface area contributed by atoms with Gasteiger partial charge in [0.25, 0.3) is 0 Å². The third kappa shape index (κ3) is 5.63. The second-order valence-electron chi connectivity index (χ2n) is 6.44. The highest BCUT2D eigenvalue weighted by molar-refractivity contribution is 7.92. The molecule has 0 aromatic heterocycles. The van der Waals surface area contributed by atoms with Crippen LogP contribution in [-0.4, -0.2) is 27.1 Å². The highest BCUT2D eigenvalue weighted by Crippen LogP contribution is 2.36. The Morgan fingerprint density at radius 2 is 1.86 bits per heavy atom. The summed E-state index contributed by atoms with van der Waals surface area (Å²) in [4.78, 5) is 12.6. The van der Waals surface area contributed by atoms with E-state index in [1.807, 2.05) is 19.1 Å². The van der Waals surface area contributed by atoms with Gasteiger partial charge in [0.1, 0.15) is 6.54 Å². The number of alkyl halides is 3. The van der Waals surface area contributed by atoms with Gasteiger partial charge >= 0.3 is 6.18 Å². The Morgan fingerprint density at radius 3 is 2.41 bits per heavy atom. The van der Waals surface area contributed by atoms with E-state index < -0.39 is 39.9 Å². The van der Waals surface area contributed by atoms with E-state index in [1.165, 1.54) is 0 Å². The highest BCUT2D eigenvalue weighted by Gasteiger charge is 2.33. The maximum atomic E-state index is 13.0. The van der Waals surface area contributed by atoms with Crippen molar-refractivity contribution in [1.82, 2.24) is 0 Å². The average molecular weight is 449 g/mol. The van der Waals surface area contributed by atoms with E-state index in [1.54, 1.807) is 13.0 Å². The summed E-state index contributed by atoms with van der Waals surface area (Å²) in [5.41, 5.74) is 0.684. The highest BCUT2D eigenvalue weighted by atomic mass is 35.5. The minimum absolute atomic E-state index is 0.221. The molecule has 0 radical (unpaired) electrons. The summed E-state index contributed by atoms with van der Waals surface area (Å²) in [7, 11) is -4.10. The molecule has 2 rings (SSSR count). The van der Waals surface area contributed by atoms with E-state index in [4.69, 9.17) is 11.6 Å². The molecule has 2 aromatic carbocycles. The van der Waals surface area contributed by atoms with Crippen LogP contribution in [0, 0.1) is 6.92 Å². The molecule has 10 heteroatoms. The van der Waals surface area contributed by atoms with Gasteiger partial charge in [-0.3, -0.25) is 9.10 Å². The first-order valence-corrected chi connectivity index (χ1v) is 10.8. The molecule has 0 bridgehead atoms. The number of para-hydroxylation sites is 1. The Bertz CT molecular complexity index is 1020. The van der Waals surface area contributed by atoms with Crippen molar-refractivity contribution in [1.29, 1.82) is 0 Å². The Hall–Kier alpha value is -2.26.